The summed E-state index contributed by atoms with van der Waals surface area (Å²) in [5.41, 5.74) is 3.65. The fourth-order valence-electron chi connectivity index (χ4n) is 2.23. The summed E-state index contributed by atoms with van der Waals surface area (Å²) in [6.45, 7) is 6.86. The SMILES string of the molecule is Cc1nn(C)c(C)c1CN1CCC(O)C1. The molecule has 1 atom stereocenters. The summed E-state index contributed by atoms with van der Waals surface area (Å²) in [6, 6.07) is 0. The lowest BCUT2D eigenvalue weighted by molar-refractivity contribution is 0.174. The first-order valence-electron chi connectivity index (χ1n) is 5.47. The summed E-state index contributed by atoms with van der Waals surface area (Å²) >= 11 is 0. The zero-order valence-electron chi connectivity index (χ0n) is 9.69. The fraction of sp³-hybridized carbons (Fsp3) is 0.727. The molecule has 2 rings (SSSR count). The third-order valence-electron chi connectivity index (χ3n) is 3.29. The van der Waals surface area contributed by atoms with Crippen LogP contribution in [0, 0.1) is 13.8 Å². The van der Waals surface area contributed by atoms with Crippen molar-refractivity contribution in [2.24, 2.45) is 7.05 Å². The maximum absolute atomic E-state index is 9.46. The molecule has 0 aliphatic carbocycles. The zero-order chi connectivity index (χ0) is 11.0. The van der Waals surface area contributed by atoms with E-state index in [0.29, 0.717) is 0 Å². The molecule has 4 nitrogen and oxygen atoms in total. The highest BCUT2D eigenvalue weighted by Crippen LogP contribution is 2.18. The number of aromatic nitrogens is 2. The molecule has 0 aromatic carbocycles. The molecule has 4 heteroatoms. The number of aryl methyl sites for hydroxylation is 2. The van der Waals surface area contributed by atoms with Gasteiger partial charge in [0.05, 0.1) is 11.8 Å². The Morgan fingerprint density at radius 3 is 2.67 bits per heavy atom. The highest BCUT2D eigenvalue weighted by Gasteiger charge is 2.22. The van der Waals surface area contributed by atoms with Gasteiger partial charge in [0, 0.05) is 37.9 Å². The van der Waals surface area contributed by atoms with Gasteiger partial charge in [0.2, 0.25) is 0 Å². The largest absolute Gasteiger partial charge is 0.392 e. The van der Waals surface area contributed by atoms with Crippen LogP contribution in [-0.2, 0) is 13.6 Å². The van der Waals surface area contributed by atoms with Crippen LogP contribution in [0.15, 0.2) is 0 Å². The lowest BCUT2D eigenvalue weighted by Gasteiger charge is -2.14. The van der Waals surface area contributed by atoms with Crippen molar-refractivity contribution in [1.29, 1.82) is 0 Å². The molecular formula is C11H19N3O. The van der Waals surface area contributed by atoms with Crippen molar-refractivity contribution in [1.82, 2.24) is 14.7 Å². The molecule has 1 N–H and O–H groups in total. The summed E-state index contributed by atoms with van der Waals surface area (Å²) in [6.07, 6.45) is 0.764. The van der Waals surface area contributed by atoms with E-state index in [0.717, 1.165) is 31.7 Å². The summed E-state index contributed by atoms with van der Waals surface area (Å²) in [5, 5.41) is 13.9. The van der Waals surface area contributed by atoms with E-state index in [2.05, 4.69) is 23.8 Å². The van der Waals surface area contributed by atoms with E-state index in [4.69, 9.17) is 0 Å². The number of β-amino-alcohol motifs (C(OH)–C–C–N with tert-alkyl or cyclic N) is 1. The van der Waals surface area contributed by atoms with Gasteiger partial charge in [0.15, 0.2) is 0 Å². The van der Waals surface area contributed by atoms with Crippen LogP contribution in [0.1, 0.15) is 23.4 Å². The quantitative estimate of drug-likeness (QED) is 0.775. The first kappa shape index (κ1) is 10.6. The average molecular weight is 209 g/mol. The molecule has 1 aliphatic heterocycles. The average Bonchev–Trinajstić information content (AvgIpc) is 2.67. The minimum absolute atomic E-state index is 0.137. The third-order valence-corrected chi connectivity index (χ3v) is 3.29. The van der Waals surface area contributed by atoms with Crippen LogP contribution in [0.5, 0.6) is 0 Å². The minimum atomic E-state index is -0.137. The molecule has 1 aromatic heterocycles. The molecule has 1 saturated heterocycles. The van der Waals surface area contributed by atoms with Crippen LogP contribution in [0.4, 0.5) is 0 Å². The van der Waals surface area contributed by atoms with E-state index >= 15 is 0 Å². The Morgan fingerprint density at radius 1 is 1.47 bits per heavy atom. The Balaban J connectivity index is 2.10. The van der Waals surface area contributed by atoms with Gasteiger partial charge >= 0.3 is 0 Å². The minimum Gasteiger partial charge on any atom is -0.392 e. The number of likely N-dealkylation sites (tertiary alicyclic amines) is 1. The monoisotopic (exact) mass is 209 g/mol. The van der Waals surface area contributed by atoms with Gasteiger partial charge in [0.1, 0.15) is 0 Å². The van der Waals surface area contributed by atoms with Crippen LogP contribution in [0.25, 0.3) is 0 Å². The number of aliphatic hydroxyl groups excluding tert-OH is 1. The van der Waals surface area contributed by atoms with E-state index in [9.17, 15) is 5.11 Å². The number of hydrogen-bond donors (Lipinski definition) is 1. The van der Waals surface area contributed by atoms with Crippen molar-refractivity contribution in [3.05, 3.63) is 17.0 Å². The van der Waals surface area contributed by atoms with Crippen molar-refractivity contribution < 1.29 is 5.11 Å². The Labute approximate surface area is 90.5 Å². The maximum atomic E-state index is 9.46. The lowest BCUT2D eigenvalue weighted by Crippen LogP contribution is -2.22. The van der Waals surface area contributed by atoms with Gasteiger partial charge < -0.3 is 5.11 Å². The molecule has 0 bridgehead atoms. The Hall–Kier alpha value is -0.870. The molecule has 1 aromatic rings. The summed E-state index contributed by atoms with van der Waals surface area (Å²) < 4.78 is 1.93. The second-order valence-corrected chi connectivity index (χ2v) is 4.45. The second-order valence-electron chi connectivity index (χ2n) is 4.45. The smallest absolute Gasteiger partial charge is 0.0679 e. The van der Waals surface area contributed by atoms with Crippen molar-refractivity contribution in [3.8, 4) is 0 Å². The number of nitrogens with zero attached hydrogens (tertiary/aromatic N) is 3. The van der Waals surface area contributed by atoms with Crippen LogP contribution in [0.3, 0.4) is 0 Å². The van der Waals surface area contributed by atoms with Crippen molar-refractivity contribution in [2.45, 2.75) is 32.9 Å². The van der Waals surface area contributed by atoms with Crippen molar-refractivity contribution in [2.75, 3.05) is 13.1 Å². The van der Waals surface area contributed by atoms with Crippen LogP contribution < -0.4 is 0 Å². The van der Waals surface area contributed by atoms with Crippen LogP contribution in [-0.4, -0.2) is 39.0 Å². The molecular weight excluding hydrogens is 190 g/mol. The van der Waals surface area contributed by atoms with Gasteiger partial charge in [-0.2, -0.15) is 5.10 Å². The van der Waals surface area contributed by atoms with Crippen LogP contribution >= 0.6 is 0 Å². The molecule has 1 unspecified atom stereocenters. The number of rotatable bonds is 2. The van der Waals surface area contributed by atoms with E-state index < -0.39 is 0 Å². The molecule has 1 aliphatic rings. The van der Waals surface area contributed by atoms with Crippen molar-refractivity contribution in [3.63, 3.8) is 0 Å². The third kappa shape index (κ3) is 2.06. The van der Waals surface area contributed by atoms with Gasteiger partial charge in [0.25, 0.3) is 0 Å². The lowest BCUT2D eigenvalue weighted by atomic mass is 10.2. The van der Waals surface area contributed by atoms with E-state index in [1.165, 1.54) is 11.3 Å². The van der Waals surface area contributed by atoms with Gasteiger partial charge in [-0.1, -0.05) is 0 Å². The molecule has 2 heterocycles. The number of aliphatic hydroxyl groups is 1. The predicted molar refractivity (Wildman–Crippen MR) is 58.6 cm³/mol. The van der Waals surface area contributed by atoms with Crippen LogP contribution in [0.2, 0.25) is 0 Å². The standard InChI is InChI=1S/C11H19N3O/c1-8-11(9(2)13(3)12-8)7-14-5-4-10(15)6-14/h10,15H,4-7H2,1-3H3. The molecule has 0 radical (unpaired) electrons. The molecule has 0 amide bonds. The van der Waals surface area contributed by atoms with Crippen molar-refractivity contribution >= 4 is 0 Å². The molecule has 0 spiro atoms. The maximum Gasteiger partial charge on any atom is 0.0679 e. The van der Waals surface area contributed by atoms with Gasteiger partial charge in [-0.3, -0.25) is 9.58 Å². The Morgan fingerprint density at radius 2 is 2.20 bits per heavy atom. The Kier molecular flexibility index (Phi) is 2.80. The predicted octanol–water partition coefficient (Wildman–Crippen LogP) is 0.604. The Bertz CT molecular complexity index is 359. The molecule has 1 fully saturated rings. The second kappa shape index (κ2) is 3.94. The van der Waals surface area contributed by atoms with Gasteiger partial charge in [-0.25, -0.2) is 0 Å². The topological polar surface area (TPSA) is 41.3 Å². The molecule has 0 saturated carbocycles. The molecule has 15 heavy (non-hydrogen) atoms. The number of hydrogen-bond acceptors (Lipinski definition) is 3. The summed E-state index contributed by atoms with van der Waals surface area (Å²) in [7, 11) is 1.98. The first-order chi connectivity index (χ1) is 7.08. The van der Waals surface area contributed by atoms with Gasteiger partial charge in [-0.05, 0) is 20.3 Å². The van der Waals surface area contributed by atoms with E-state index in [-0.39, 0.29) is 6.10 Å². The highest BCUT2D eigenvalue weighted by molar-refractivity contribution is 5.24. The zero-order valence-corrected chi connectivity index (χ0v) is 9.69. The summed E-state index contributed by atoms with van der Waals surface area (Å²) in [4.78, 5) is 2.29. The first-order valence-corrected chi connectivity index (χ1v) is 5.47. The van der Waals surface area contributed by atoms with E-state index in [1.54, 1.807) is 0 Å². The normalized spacial score (nSPS) is 22.5. The molecule has 84 valence electrons. The van der Waals surface area contributed by atoms with Gasteiger partial charge in [-0.15, -0.1) is 0 Å². The highest BCUT2D eigenvalue weighted by atomic mass is 16.3. The summed E-state index contributed by atoms with van der Waals surface area (Å²) in [5.74, 6) is 0. The fourth-order valence-corrected chi connectivity index (χ4v) is 2.23. The van der Waals surface area contributed by atoms with E-state index in [1.807, 2.05) is 11.7 Å².